The molecule has 0 fully saturated rings. The van der Waals surface area contributed by atoms with Crippen LogP contribution < -0.4 is 15.5 Å². The van der Waals surface area contributed by atoms with Gasteiger partial charge >= 0.3 is 0 Å². The number of aryl methyl sites for hydroxylation is 1. The Balaban J connectivity index is 1.77. The van der Waals surface area contributed by atoms with Crippen molar-refractivity contribution in [1.82, 2.24) is 0 Å². The molecule has 0 bridgehead atoms. The van der Waals surface area contributed by atoms with Crippen molar-refractivity contribution in [1.29, 1.82) is 0 Å². The Kier molecular flexibility index (Phi) is 6.32. The maximum absolute atomic E-state index is 13.6. The van der Waals surface area contributed by atoms with Crippen LogP contribution in [0.15, 0.2) is 78.5 Å². The summed E-state index contributed by atoms with van der Waals surface area (Å²) in [5.74, 6) is -0.602. The van der Waals surface area contributed by atoms with Gasteiger partial charge in [-0.3, -0.25) is 14.4 Å². The first-order valence-electron chi connectivity index (χ1n) is 11.2. The first kappa shape index (κ1) is 23.0. The van der Waals surface area contributed by atoms with E-state index in [0.29, 0.717) is 22.9 Å². The highest BCUT2D eigenvalue weighted by Crippen LogP contribution is 2.35. The fraction of sp³-hybridized carbons (Fsp3) is 0.179. The van der Waals surface area contributed by atoms with E-state index in [4.69, 9.17) is 0 Å². The van der Waals surface area contributed by atoms with Crippen molar-refractivity contribution < 1.29 is 14.4 Å². The Hall–Kier alpha value is -4.19. The van der Waals surface area contributed by atoms with Crippen molar-refractivity contribution in [2.45, 2.75) is 33.6 Å². The number of nitrogens with zero attached hydrogens (tertiary/aromatic N) is 1. The second kappa shape index (κ2) is 9.35. The third-order valence-electron chi connectivity index (χ3n) is 5.78. The molecule has 1 aliphatic heterocycles. The number of para-hydroxylation sites is 1. The highest BCUT2D eigenvalue weighted by molar-refractivity contribution is 6.46. The normalized spacial score (nSPS) is 13.6. The van der Waals surface area contributed by atoms with Gasteiger partial charge in [-0.05, 0) is 59.9 Å². The van der Waals surface area contributed by atoms with E-state index in [1.54, 1.807) is 36.4 Å². The lowest BCUT2D eigenvalue weighted by Gasteiger charge is -2.17. The molecule has 1 heterocycles. The summed E-state index contributed by atoms with van der Waals surface area (Å²) >= 11 is 0. The van der Waals surface area contributed by atoms with Gasteiger partial charge in [-0.2, -0.15) is 0 Å². The molecular weight excluding hydrogens is 426 g/mol. The van der Waals surface area contributed by atoms with Crippen LogP contribution in [0.5, 0.6) is 0 Å². The van der Waals surface area contributed by atoms with Crippen LogP contribution in [0.3, 0.4) is 0 Å². The van der Waals surface area contributed by atoms with E-state index in [-0.39, 0.29) is 17.2 Å². The van der Waals surface area contributed by atoms with Gasteiger partial charge < -0.3 is 10.6 Å². The zero-order valence-corrected chi connectivity index (χ0v) is 19.7. The fourth-order valence-corrected chi connectivity index (χ4v) is 3.97. The van der Waals surface area contributed by atoms with Gasteiger partial charge in [0, 0.05) is 18.3 Å². The summed E-state index contributed by atoms with van der Waals surface area (Å²) in [6.07, 6.45) is 0. The zero-order valence-electron chi connectivity index (χ0n) is 19.7. The van der Waals surface area contributed by atoms with Crippen LogP contribution in [0.25, 0.3) is 5.57 Å². The first-order chi connectivity index (χ1) is 16.3. The number of benzene rings is 3. The molecule has 172 valence electrons. The van der Waals surface area contributed by atoms with E-state index in [1.807, 2.05) is 43.3 Å². The standard InChI is InChI=1S/C28H27N3O3/c1-17(2)20-9-13-23(14-10-20)30-26-25(21-11-15-22(16-12-21)29-19(4)32)27(33)31(28(26)34)24-8-6-5-7-18(24)3/h5-17,30H,1-4H3,(H,29,32). The summed E-state index contributed by atoms with van der Waals surface area (Å²) in [4.78, 5) is 39.8. The number of hydrogen-bond acceptors (Lipinski definition) is 4. The summed E-state index contributed by atoms with van der Waals surface area (Å²) in [5, 5.41) is 5.92. The van der Waals surface area contributed by atoms with Gasteiger partial charge in [0.25, 0.3) is 11.8 Å². The summed E-state index contributed by atoms with van der Waals surface area (Å²) in [6, 6.07) is 22.0. The lowest BCUT2D eigenvalue weighted by molar-refractivity contribution is -0.120. The molecule has 0 unspecified atom stereocenters. The third kappa shape index (κ3) is 4.48. The lowest BCUT2D eigenvalue weighted by atomic mass is 10.0. The van der Waals surface area contributed by atoms with Crippen molar-refractivity contribution in [2.24, 2.45) is 0 Å². The number of rotatable bonds is 6. The van der Waals surface area contributed by atoms with Crippen LogP contribution >= 0.6 is 0 Å². The smallest absolute Gasteiger partial charge is 0.282 e. The largest absolute Gasteiger partial charge is 0.350 e. The molecule has 2 N–H and O–H groups in total. The topological polar surface area (TPSA) is 78.5 Å². The Morgan fingerprint density at radius 3 is 2.03 bits per heavy atom. The molecule has 0 atom stereocenters. The van der Waals surface area contributed by atoms with E-state index in [0.717, 1.165) is 11.3 Å². The number of imide groups is 1. The van der Waals surface area contributed by atoms with Gasteiger partial charge in [0.05, 0.1) is 11.3 Å². The SMILES string of the molecule is CC(=O)Nc1ccc(C2=C(Nc3ccc(C(C)C)cc3)C(=O)N(c3ccccc3C)C2=O)cc1. The quantitative estimate of drug-likeness (QED) is 0.485. The summed E-state index contributed by atoms with van der Waals surface area (Å²) in [7, 11) is 0. The monoisotopic (exact) mass is 453 g/mol. The van der Waals surface area contributed by atoms with Crippen molar-refractivity contribution in [2.75, 3.05) is 15.5 Å². The molecule has 0 saturated heterocycles. The highest BCUT2D eigenvalue weighted by atomic mass is 16.2. The Bertz CT molecular complexity index is 1290. The number of nitrogens with one attached hydrogen (secondary N) is 2. The number of carbonyl (C=O) groups is 3. The predicted octanol–water partition coefficient (Wildman–Crippen LogP) is 5.47. The molecule has 3 amide bonds. The number of anilines is 3. The molecule has 6 heteroatoms. The lowest BCUT2D eigenvalue weighted by Crippen LogP contribution is -2.33. The minimum absolute atomic E-state index is 0.183. The molecule has 3 aromatic carbocycles. The average Bonchev–Trinajstić information content (AvgIpc) is 3.04. The van der Waals surface area contributed by atoms with Gasteiger partial charge in [-0.15, -0.1) is 0 Å². The molecule has 0 saturated carbocycles. The Labute approximate surface area is 199 Å². The zero-order chi connectivity index (χ0) is 24.4. The van der Waals surface area contributed by atoms with Crippen LogP contribution in [-0.4, -0.2) is 17.7 Å². The molecule has 4 rings (SSSR count). The van der Waals surface area contributed by atoms with E-state index < -0.39 is 11.8 Å². The molecule has 6 nitrogen and oxygen atoms in total. The summed E-state index contributed by atoms with van der Waals surface area (Å²) in [6.45, 7) is 7.54. The van der Waals surface area contributed by atoms with Crippen LogP contribution in [0.1, 0.15) is 43.4 Å². The molecule has 3 aromatic rings. The number of amides is 3. The molecule has 0 radical (unpaired) electrons. The van der Waals surface area contributed by atoms with Crippen molar-refractivity contribution in [3.05, 3.63) is 95.2 Å². The van der Waals surface area contributed by atoms with Crippen molar-refractivity contribution in [3.63, 3.8) is 0 Å². The van der Waals surface area contributed by atoms with E-state index in [1.165, 1.54) is 17.4 Å². The molecular formula is C28H27N3O3. The average molecular weight is 454 g/mol. The molecule has 34 heavy (non-hydrogen) atoms. The fourth-order valence-electron chi connectivity index (χ4n) is 3.97. The highest BCUT2D eigenvalue weighted by Gasteiger charge is 2.40. The predicted molar refractivity (Wildman–Crippen MR) is 135 cm³/mol. The van der Waals surface area contributed by atoms with Crippen LogP contribution in [-0.2, 0) is 14.4 Å². The Morgan fingerprint density at radius 1 is 0.824 bits per heavy atom. The van der Waals surface area contributed by atoms with Crippen LogP contribution in [0.2, 0.25) is 0 Å². The minimum atomic E-state index is -0.409. The summed E-state index contributed by atoms with van der Waals surface area (Å²) < 4.78 is 0. The van der Waals surface area contributed by atoms with Gasteiger partial charge in [-0.1, -0.05) is 56.3 Å². The van der Waals surface area contributed by atoms with Crippen molar-refractivity contribution in [3.8, 4) is 0 Å². The number of carbonyl (C=O) groups excluding carboxylic acids is 3. The maximum Gasteiger partial charge on any atom is 0.282 e. The van der Waals surface area contributed by atoms with Crippen molar-refractivity contribution >= 4 is 40.4 Å². The minimum Gasteiger partial charge on any atom is -0.350 e. The van der Waals surface area contributed by atoms with Gasteiger partial charge in [0.2, 0.25) is 5.91 Å². The number of hydrogen-bond donors (Lipinski definition) is 2. The second-order valence-corrected chi connectivity index (χ2v) is 8.64. The van der Waals surface area contributed by atoms with Gasteiger partial charge in [-0.25, -0.2) is 4.90 Å². The first-order valence-corrected chi connectivity index (χ1v) is 11.2. The molecule has 0 aromatic heterocycles. The van der Waals surface area contributed by atoms with Gasteiger partial charge in [0.1, 0.15) is 5.70 Å². The van der Waals surface area contributed by atoms with Gasteiger partial charge in [0.15, 0.2) is 0 Å². The summed E-state index contributed by atoms with van der Waals surface area (Å²) in [5.41, 5.74) is 4.99. The van der Waals surface area contributed by atoms with E-state index in [9.17, 15) is 14.4 Å². The maximum atomic E-state index is 13.6. The second-order valence-electron chi connectivity index (χ2n) is 8.64. The molecule has 1 aliphatic rings. The third-order valence-corrected chi connectivity index (χ3v) is 5.78. The van der Waals surface area contributed by atoms with E-state index >= 15 is 0 Å². The van der Waals surface area contributed by atoms with E-state index in [2.05, 4.69) is 24.5 Å². The van der Waals surface area contributed by atoms with Crippen LogP contribution in [0, 0.1) is 6.92 Å². The molecule has 0 spiro atoms. The molecule has 0 aliphatic carbocycles. The Morgan fingerprint density at radius 2 is 1.44 bits per heavy atom. The van der Waals surface area contributed by atoms with Crippen LogP contribution in [0.4, 0.5) is 17.1 Å².